The van der Waals surface area contributed by atoms with Crippen molar-refractivity contribution in [2.24, 2.45) is 4.99 Å². The molecule has 0 bridgehead atoms. The lowest BCUT2D eigenvalue weighted by atomic mass is 10.1. The molecule has 1 aromatic heterocycles. The highest BCUT2D eigenvalue weighted by atomic mass is 32.2. The Balaban J connectivity index is 1.98. The molecular weight excluding hydrogens is 254 g/mol. The van der Waals surface area contributed by atoms with Gasteiger partial charge in [-0.15, -0.1) is 6.58 Å². The van der Waals surface area contributed by atoms with Gasteiger partial charge >= 0.3 is 0 Å². The molecule has 4 heteroatoms. The molecule has 0 atom stereocenters. The largest absolute Gasteiger partial charge is 0.361 e. The highest BCUT2D eigenvalue weighted by molar-refractivity contribution is 8.13. The van der Waals surface area contributed by atoms with Crippen molar-refractivity contribution < 1.29 is 0 Å². The number of hydrogen-bond acceptors (Lipinski definition) is 2. The Morgan fingerprint density at radius 2 is 2.32 bits per heavy atom. The van der Waals surface area contributed by atoms with Gasteiger partial charge in [0.25, 0.3) is 0 Å². The average molecular weight is 273 g/mol. The van der Waals surface area contributed by atoms with E-state index in [0.29, 0.717) is 0 Å². The number of aromatic nitrogens is 1. The number of aliphatic imine (C=N–C) groups is 1. The fourth-order valence-electron chi connectivity index (χ4n) is 1.97. The summed E-state index contributed by atoms with van der Waals surface area (Å²) in [4.78, 5) is 7.86. The van der Waals surface area contributed by atoms with E-state index >= 15 is 0 Å². The second-order valence-electron chi connectivity index (χ2n) is 4.17. The zero-order chi connectivity index (χ0) is 13.5. The molecule has 0 aliphatic carbocycles. The van der Waals surface area contributed by atoms with Crippen molar-refractivity contribution in [1.82, 2.24) is 10.3 Å². The van der Waals surface area contributed by atoms with E-state index in [1.54, 1.807) is 11.8 Å². The van der Waals surface area contributed by atoms with Gasteiger partial charge in [-0.25, -0.2) is 0 Å². The maximum atomic E-state index is 4.57. The van der Waals surface area contributed by atoms with E-state index in [-0.39, 0.29) is 0 Å². The monoisotopic (exact) mass is 273 g/mol. The van der Waals surface area contributed by atoms with Crippen LogP contribution in [0.2, 0.25) is 0 Å². The van der Waals surface area contributed by atoms with E-state index in [1.807, 2.05) is 18.4 Å². The number of amidine groups is 1. The summed E-state index contributed by atoms with van der Waals surface area (Å²) in [5.74, 6) is 0. The number of nitrogens with zero attached hydrogens (tertiary/aromatic N) is 1. The van der Waals surface area contributed by atoms with Gasteiger partial charge in [0, 0.05) is 30.2 Å². The first kappa shape index (κ1) is 13.7. The number of fused-ring (bicyclic) bond motifs is 1. The molecule has 2 N–H and O–H groups in total. The van der Waals surface area contributed by atoms with Crippen LogP contribution in [0.15, 0.2) is 48.1 Å². The van der Waals surface area contributed by atoms with Gasteiger partial charge < -0.3 is 10.3 Å². The molecule has 0 amide bonds. The van der Waals surface area contributed by atoms with Crippen LogP contribution in [0.5, 0.6) is 0 Å². The van der Waals surface area contributed by atoms with Crippen molar-refractivity contribution in [2.45, 2.75) is 6.42 Å². The fraction of sp³-hybridized carbons (Fsp3) is 0.267. The summed E-state index contributed by atoms with van der Waals surface area (Å²) in [5.41, 5.74) is 2.51. The lowest BCUT2D eigenvalue weighted by Gasteiger charge is -2.04. The highest BCUT2D eigenvalue weighted by Gasteiger charge is 2.02. The second-order valence-corrected chi connectivity index (χ2v) is 4.97. The molecule has 0 fully saturated rings. The Kier molecular flexibility index (Phi) is 5.10. The molecule has 1 heterocycles. The first-order valence-electron chi connectivity index (χ1n) is 6.33. The lowest BCUT2D eigenvalue weighted by molar-refractivity contribution is 0.954. The number of aromatic amines is 1. The summed E-state index contributed by atoms with van der Waals surface area (Å²) in [6, 6.07) is 8.37. The second kappa shape index (κ2) is 7.04. The van der Waals surface area contributed by atoms with Crippen LogP contribution < -0.4 is 5.32 Å². The van der Waals surface area contributed by atoms with Crippen LogP contribution in [0.1, 0.15) is 5.56 Å². The number of nitrogens with one attached hydrogen (secondary N) is 2. The SMILES string of the molecule is C=CCNC(=NCCc1c[nH]c2ccccc12)SC. The van der Waals surface area contributed by atoms with Gasteiger partial charge in [-0.1, -0.05) is 36.0 Å². The number of para-hydroxylation sites is 1. The van der Waals surface area contributed by atoms with E-state index in [9.17, 15) is 0 Å². The van der Waals surface area contributed by atoms with Crippen molar-refractivity contribution in [2.75, 3.05) is 19.3 Å². The Morgan fingerprint density at radius 1 is 1.47 bits per heavy atom. The normalized spacial score (nSPS) is 11.7. The maximum Gasteiger partial charge on any atom is 0.156 e. The topological polar surface area (TPSA) is 40.2 Å². The van der Waals surface area contributed by atoms with Crippen LogP contribution in [0.25, 0.3) is 10.9 Å². The molecule has 3 nitrogen and oxygen atoms in total. The number of hydrogen-bond donors (Lipinski definition) is 2. The number of rotatable bonds is 5. The van der Waals surface area contributed by atoms with Gasteiger partial charge in [-0.2, -0.15) is 0 Å². The average Bonchev–Trinajstić information content (AvgIpc) is 2.86. The Bertz CT molecular complexity index is 572. The van der Waals surface area contributed by atoms with Gasteiger partial charge in [0.15, 0.2) is 5.17 Å². The Hall–Kier alpha value is -1.68. The molecule has 19 heavy (non-hydrogen) atoms. The molecule has 100 valence electrons. The maximum absolute atomic E-state index is 4.57. The van der Waals surface area contributed by atoms with E-state index in [4.69, 9.17) is 0 Å². The third-order valence-corrected chi connectivity index (χ3v) is 3.56. The van der Waals surface area contributed by atoms with E-state index < -0.39 is 0 Å². The summed E-state index contributed by atoms with van der Waals surface area (Å²) >= 11 is 1.63. The minimum atomic E-state index is 0.757. The summed E-state index contributed by atoms with van der Waals surface area (Å²) < 4.78 is 0. The minimum Gasteiger partial charge on any atom is -0.361 e. The first-order valence-corrected chi connectivity index (χ1v) is 7.56. The molecule has 0 radical (unpaired) electrons. The highest BCUT2D eigenvalue weighted by Crippen LogP contribution is 2.18. The summed E-state index contributed by atoms with van der Waals surface area (Å²) in [5, 5.41) is 5.49. The molecule has 0 saturated heterocycles. The number of H-pyrrole nitrogens is 1. The summed E-state index contributed by atoms with van der Waals surface area (Å²) in [6.07, 6.45) is 6.89. The molecule has 0 saturated carbocycles. The van der Waals surface area contributed by atoms with Gasteiger partial charge in [0.05, 0.1) is 0 Å². The zero-order valence-corrected chi connectivity index (χ0v) is 12.0. The van der Waals surface area contributed by atoms with Crippen molar-refractivity contribution in [3.8, 4) is 0 Å². The van der Waals surface area contributed by atoms with Crippen molar-refractivity contribution in [1.29, 1.82) is 0 Å². The standard InChI is InChI=1S/C15H19N3S/c1-3-9-16-15(19-2)17-10-8-12-11-18-14-7-5-4-6-13(12)14/h3-7,11,18H,1,8-10H2,2H3,(H,16,17). The van der Waals surface area contributed by atoms with Gasteiger partial charge in [-0.05, 0) is 24.3 Å². The van der Waals surface area contributed by atoms with Crippen molar-refractivity contribution in [3.63, 3.8) is 0 Å². The molecule has 1 aromatic carbocycles. The molecule has 2 rings (SSSR count). The molecule has 0 aliphatic rings. The Labute approximate surface area is 118 Å². The lowest BCUT2D eigenvalue weighted by Crippen LogP contribution is -2.20. The summed E-state index contributed by atoms with van der Waals surface area (Å²) in [7, 11) is 0. The zero-order valence-electron chi connectivity index (χ0n) is 11.1. The van der Waals surface area contributed by atoms with Crippen LogP contribution in [-0.4, -0.2) is 29.5 Å². The van der Waals surface area contributed by atoms with Gasteiger partial charge in [-0.3, -0.25) is 4.99 Å². The van der Waals surface area contributed by atoms with Crippen LogP contribution in [0, 0.1) is 0 Å². The van der Waals surface area contributed by atoms with Crippen LogP contribution >= 0.6 is 11.8 Å². The van der Waals surface area contributed by atoms with Crippen molar-refractivity contribution in [3.05, 3.63) is 48.7 Å². The smallest absolute Gasteiger partial charge is 0.156 e. The van der Waals surface area contributed by atoms with Crippen molar-refractivity contribution >= 4 is 27.8 Å². The number of benzene rings is 1. The third kappa shape index (κ3) is 3.64. The first-order chi connectivity index (χ1) is 9.35. The Morgan fingerprint density at radius 3 is 3.11 bits per heavy atom. The van der Waals surface area contributed by atoms with Crippen LogP contribution in [-0.2, 0) is 6.42 Å². The molecule has 2 aromatic rings. The molecule has 0 unspecified atom stereocenters. The molecule has 0 aliphatic heterocycles. The van der Waals surface area contributed by atoms with E-state index in [2.05, 4.69) is 46.3 Å². The quantitative estimate of drug-likeness (QED) is 0.499. The predicted octanol–water partition coefficient (Wildman–Crippen LogP) is 3.21. The summed E-state index contributed by atoms with van der Waals surface area (Å²) in [6.45, 7) is 5.24. The molecular formula is C15H19N3S. The predicted molar refractivity (Wildman–Crippen MR) is 86.0 cm³/mol. The minimum absolute atomic E-state index is 0.757. The van der Waals surface area contributed by atoms with E-state index in [1.165, 1.54) is 16.5 Å². The van der Waals surface area contributed by atoms with Gasteiger partial charge in [0.1, 0.15) is 0 Å². The van der Waals surface area contributed by atoms with Crippen LogP contribution in [0.3, 0.4) is 0 Å². The third-order valence-electron chi connectivity index (χ3n) is 2.90. The van der Waals surface area contributed by atoms with E-state index in [0.717, 1.165) is 24.7 Å². The molecule has 0 spiro atoms. The fourth-order valence-corrected chi connectivity index (χ4v) is 2.42. The number of thioether (sulfide) groups is 1. The van der Waals surface area contributed by atoms with Gasteiger partial charge in [0.2, 0.25) is 0 Å². The van der Waals surface area contributed by atoms with Crippen LogP contribution in [0.4, 0.5) is 0 Å².